The summed E-state index contributed by atoms with van der Waals surface area (Å²) in [5, 5.41) is 10.9. The summed E-state index contributed by atoms with van der Waals surface area (Å²) in [6.45, 7) is 7.03. The van der Waals surface area contributed by atoms with Crippen LogP contribution < -0.4 is 10.6 Å². The number of nitrogens with one attached hydrogen (secondary N) is 2. The molecular formula is C20H29ClIN5S. The molecule has 1 aliphatic rings. The van der Waals surface area contributed by atoms with Gasteiger partial charge in [0.15, 0.2) is 5.96 Å². The molecule has 0 spiro atoms. The highest BCUT2D eigenvalue weighted by molar-refractivity contribution is 14.0. The van der Waals surface area contributed by atoms with Gasteiger partial charge in [0.2, 0.25) is 0 Å². The Kier molecular flexibility index (Phi) is 9.98. The number of likely N-dealkylation sites (tertiary alicyclic amines) is 1. The second kappa shape index (κ2) is 11.9. The molecule has 1 aliphatic heterocycles. The van der Waals surface area contributed by atoms with Gasteiger partial charge in [0, 0.05) is 37.1 Å². The normalized spacial score (nSPS) is 15.9. The lowest BCUT2D eigenvalue weighted by atomic mass is 9.97. The summed E-state index contributed by atoms with van der Waals surface area (Å²) < 4.78 is 0. The first-order valence-electron chi connectivity index (χ1n) is 9.44. The molecule has 1 fully saturated rings. The minimum absolute atomic E-state index is 0. The highest BCUT2D eigenvalue weighted by Crippen LogP contribution is 2.19. The van der Waals surface area contributed by atoms with Crippen molar-refractivity contribution < 1.29 is 0 Å². The van der Waals surface area contributed by atoms with Gasteiger partial charge in [-0.25, -0.2) is 4.98 Å². The summed E-state index contributed by atoms with van der Waals surface area (Å²) in [6.07, 6.45) is 2.43. The number of piperidine rings is 1. The first kappa shape index (κ1) is 23.4. The number of thiazole rings is 1. The summed E-state index contributed by atoms with van der Waals surface area (Å²) in [6, 6.07) is 7.88. The fourth-order valence-corrected chi connectivity index (χ4v) is 4.04. The van der Waals surface area contributed by atoms with Crippen molar-refractivity contribution in [2.45, 2.75) is 32.9 Å². The predicted molar refractivity (Wildman–Crippen MR) is 130 cm³/mol. The quantitative estimate of drug-likeness (QED) is 0.330. The average molecular weight is 534 g/mol. The maximum absolute atomic E-state index is 5.93. The standard InChI is InChI=1S/C20H28ClN5S.HI/c1-15-25-19(14-27-15)13-26-9-7-17(8-10-26)12-24-20(22-2)23-11-16-3-5-18(21)6-4-16;/h3-6,14,17H,7-13H2,1-2H3,(H2,22,23,24);1H. The Morgan fingerprint density at radius 3 is 2.57 bits per heavy atom. The number of rotatable bonds is 6. The van der Waals surface area contributed by atoms with E-state index in [0.717, 1.165) is 48.7 Å². The van der Waals surface area contributed by atoms with Crippen LogP contribution >= 0.6 is 46.9 Å². The molecule has 154 valence electrons. The number of benzene rings is 1. The molecule has 8 heteroatoms. The van der Waals surface area contributed by atoms with Gasteiger partial charge in [-0.3, -0.25) is 9.89 Å². The maximum atomic E-state index is 5.93. The third kappa shape index (κ3) is 7.50. The number of hydrogen-bond acceptors (Lipinski definition) is 4. The number of aromatic nitrogens is 1. The van der Waals surface area contributed by atoms with Crippen LogP contribution in [0.2, 0.25) is 5.02 Å². The molecule has 0 bridgehead atoms. The topological polar surface area (TPSA) is 52.6 Å². The van der Waals surface area contributed by atoms with Gasteiger partial charge in [-0.2, -0.15) is 0 Å². The molecule has 0 amide bonds. The number of guanidine groups is 1. The van der Waals surface area contributed by atoms with Gasteiger partial charge in [-0.05, 0) is 56.5 Å². The van der Waals surface area contributed by atoms with E-state index >= 15 is 0 Å². The zero-order chi connectivity index (χ0) is 19.1. The summed E-state index contributed by atoms with van der Waals surface area (Å²) >= 11 is 7.67. The predicted octanol–water partition coefficient (Wildman–Crippen LogP) is 4.30. The fourth-order valence-electron chi connectivity index (χ4n) is 3.31. The molecule has 5 nitrogen and oxygen atoms in total. The van der Waals surface area contributed by atoms with Crippen molar-refractivity contribution in [1.29, 1.82) is 0 Å². The van der Waals surface area contributed by atoms with Crippen LogP contribution in [0.5, 0.6) is 0 Å². The van der Waals surface area contributed by atoms with Crippen LogP contribution in [0.1, 0.15) is 29.1 Å². The Morgan fingerprint density at radius 2 is 1.96 bits per heavy atom. The first-order valence-corrected chi connectivity index (χ1v) is 10.7. The molecule has 0 radical (unpaired) electrons. The van der Waals surface area contributed by atoms with Crippen LogP contribution in [-0.2, 0) is 13.1 Å². The maximum Gasteiger partial charge on any atom is 0.191 e. The summed E-state index contributed by atoms with van der Waals surface area (Å²) in [4.78, 5) is 11.4. The van der Waals surface area contributed by atoms with Crippen LogP contribution in [0.15, 0.2) is 34.6 Å². The van der Waals surface area contributed by atoms with Crippen LogP contribution in [0.25, 0.3) is 0 Å². The zero-order valence-electron chi connectivity index (χ0n) is 16.4. The first-order chi connectivity index (χ1) is 13.1. The van der Waals surface area contributed by atoms with Crippen molar-refractivity contribution in [2.24, 2.45) is 10.9 Å². The second-order valence-electron chi connectivity index (χ2n) is 7.01. The molecule has 0 saturated carbocycles. The molecule has 1 aromatic heterocycles. The molecule has 2 aromatic rings. The largest absolute Gasteiger partial charge is 0.356 e. The molecule has 0 aliphatic carbocycles. The van der Waals surface area contributed by atoms with E-state index in [0.29, 0.717) is 5.92 Å². The van der Waals surface area contributed by atoms with E-state index in [9.17, 15) is 0 Å². The van der Waals surface area contributed by atoms with Gasteiger partial charge in [-0.15, -0.1) is 35.3 Å². The third-order valence-electron chi connectivity index (χ3n) is 4.91. The number of aliphatic imine (C=N–C) groups is 1. The highest BCUT2D eigenvalue weighted by Gasteiger charge is 2.20. The Morgan fingerprint density at radius 1 is 1.25 bits per heavy atom. The summed E-state index contributed by atoms with van der Waals surface area (Å²) in [5.74, 6) is 1.54. The van der Waals surface area contributed by atoms with Crippen LogP contribution in [0.4, 0.5) is 0 Å². The minimum Gasteiger partial charge on any atom is -0.356 e. The van der Waals surface area contributed by atoms with E-state index in [-0.39, 0.29) is 24.0 Å². The van der Waals surface area contributed by atoms with E-state index in [1.54, 1.807) is 11.3 Å². The smallest absolute Gasteiger partial charge is 0.191 e. The molecule has 2 N–H and O–H groups in total. The third-order valence-corrected chi connectivity index (χ3v) is 5.99. The molecule has 28 heavy (non-hydrogen) atoms. The van der Waals surface area contributed by atoms with Crippen molar-refractivity contribution in [3.8, 4) is 0 Å². The lowest BCUT2D eigenvalue weighted by Crippen LogP contribution is -2.42. The van der Waals surface area contributed by atoms with Crippen LogP contribution in [0.3, 0.4) is 0 Å². The molecule has 3 rings (SSSR count). The Hall–Kier alpha value is -0.900. The van der Waals surface area contributed by atoms with E-state index in [1.807, 2.05) is 31.3 Å². The van der Waals surface area contributed by atoms with E-state index in [2.05, 4.69) is 37.8 Å². The minimum atomic E-state index is 0. The Labute approximate surface area is 194 Å². The number of hydrogen-bond donors (Lipinski definition) is 2. The van der Waals surface area contributed by atoms with Gasteiger partial charge in [-0.1, -0.05) is 23.7 Å². The van der Waals surface area contributed by atoms with E-state index in [4.69, 9.17) is 11.6 Å². The van der Waals surface area contributed by atoms with Gasteiger partial charge >= 0.3 is 0 Å². The molecule has 1 aromatic carbocycles. The molecular weight excluding hydrogens is 505 g/mol. The van der Waals surface area contributed by atoms with Gasteiger partial charge in [0.05, 0.1) is 10.7 Å². The molecule has 0 atom stereocenters. The number of nitrogens with zero attached hydrogens (tertiary/aromatic N) is 3. The number of halogens is 2. The molecule has 1 saturated heterocycles. The zero-order valence-corrected chi connectivity index (χ0v) is 20.4. The Balaban J connectivity index is 0.00000280. The lowest BCUT2D eigenvalue weighted by Gasteiger charge is -2.31. The molecule has 2 heterocycles. The van der Waals surface area contributed by atoms with Crippen molar-refractivity contribution in [2.75, 3.05) is 26.7 Å². The van der Waals surface area contributed by atoms with Crippen LogP contribution in [-0.4, -0.2) is 42.5 Å². The van der Waals surface area contributed by atoms with Crippen molar-refractivity contribution in [3.05, 3.63) is 50.9 Å². The van der Waals surface area contributed by atoms with Gasteiger partial charge < -0.3 is 10.6 Å². The Bertz CT molecular complexity index is 741. The van der Waals surface area contributed by atoms with Crippen molar-refractivity contribution in [3.63, 3.8) is 0 Å². The van der Waals surface area contributed by atoms with Crippen molar-refractivity contribution >= 4 is 52.9 Å². The monoisotopic (exact) mass is 533 g/mol. The molecule has 0 unspecified atom stereocenters. The van der Waals surface area contributed by atoms with Crippen molar-refractivity contribution in [1.82, 2.24) is 20.5 Å². The van der Waals surface area contributed by atoms with Gasteiger partial charge in [0.25, 0.3) is 0 Å². The van der Waals surface area contributed by atoms with Crippen LogP contribution in [0, 0.1) is 12.8 Å². The second-order valence-corrected chi connectivity index (χ2v) is 8.51. The van der Waals surface area contributed by atoms with Gasteiger partial charge in [0.1, 0.15) is 0 Å². The summed E-state index contributed by atoms with van der Waals surface area (Å²) in [5.41, 5.74) is 2.40. The highest BCUT2D eigenvalue weighted by atomic mass is 127. The summed E-state index contributed by atoms with van der Waals surface area (Å²) in [7, 11) is 1.82. The van der Waals surface area contributed by atoms with E-state index < -0.39 is 0 Å². The average Bonchev–Trinajstić information content (AvgIpc) is 3.09. The van der Waals surface area contributed by atoms with E-state index in [1.165, 1.54) is 24.1 Å². The lowest BCUT2D eigenvalue weighted by molar-refractivity contribution is 0.176. The SMILES string of the molecule is CN=C(NCc1ccc(Cl)cc1)NCC1CCN(Cc2csc(C)n2)CC1.I. The fraction of sp³-hybridized carbons (Fsp3) is 0.500. The number of aryl methyl sites for hydroxylation is 1.